The van der Waals surface area contributed by atoms with E-state index in [0.29, 0.717) is 34.8 Å². The molecule has 0 heterocycles. The first-order chi connectivity index (χ1) is 10.1. The Morgan fingerprint density at radius 3 is 2.90 bits per heavy atom. The van der Waals surface area contributed by atoms with Crippen LogP contribution in [0.5, 0.6) is 11.5 Å². The number of rotatable bonds is 7. The van der Waals surface area contributed by atoms with Crippen LogP contribution in [0.1, 0.15) is 12.5 Å². The predicted octanol–water partition coefficient (Wildman–Crippen LogP) is 2.73. The minimum Gasteiger partial charge on any atom is -0.493 e. The molecule has 0 radical (unpaired) electrons. The van der Waals surface area contributed by atoms with Gasteiger partial charge in [0.05, 0.1) is 25.0 Å². The average molecular weight is 328 g/mol. The zero-order chi connectivity index (χ0) is 15.7. The van der Waals surface area contributed by atoms with E-state index in [0.717, 1.165) is 5.56 Å². The maximum atomic E-state index is 6.17. The molecule has 0 amide bonds. The molecule has 0 aromatic heterocycles. The SMILES string of the molecule is C=CCNC(=S)N/N=C\c1cc(Cl)c(OCC)c(OC)c1. The molecule has 114 valence electrons. The van der Waals surface area contributed by atoms with E-state index in [9.17, 15) is 0 Å². The zero-order valence-corrected chi connectivity index (χ0v) is 13.6. The Kier molecular flexibility index (Phi) is 7.56. The minimum atomic E-state index is 0.412. The quantitative estimate of drug-likeness (QED) is 0.349. The van der Waals surface area contributed by atoms with Crippen molar-refractivity contribution in [3.8, 4) is 11.5 Å². The Balaban J connectivity index is 2.77. The maximum Gasteiger partial charge on any atom is 0.187 e. The molecular formula is C14H18ClN3O2S. The Morgan fingerprint density at radius 1 is 1.52 bits per heavy atom. The van der Waals surface area contributed by atoms with Crippen LogP contribution in [0.3, 0.4) is 0 Å². The van der Waals surface area contributed by atoms with Crippen molar-refractivity contribution in [1.82, 2.24) is 10.7 Å². The van der Waals surface area contributed by atoms with Crippen LogP contribution in [0, 0.1) is 0 Å². The van der Waals surface area contributed by atoms with Crippen molar-refractivity contribution in [2.24, 2.45) is 5.10 Å². The Labute approximate surface area is 135 Å². The van der Waals surface area contributed by atoms with Crippen LogP contribution in [-0.4, -0.2) is 31.6 Å². The molecule has 0 fully saturated rings. The van der Waals surface area contributed by atoms with Crippen LogP contribution >= 0.6 is 23.8 Å². The van der Waals surface area contributed by atoms with E-state index in [2.05, 4.69) is 22.4 Å². The van der Waals surface area contributed by atoms with Gasteiger partial charge in [-0.05, 0) is 36.8 Å². The maximum absolute atomic E-state index is 6.17. The van der Waals surface area contributed by atoms with E-state index in [1.165, 1.54) is 0 Å². The lowest BCUT2D eigenvalue weighted by Gasteiger charge is -2.11. The molecule has 0 saturated heterocycles. The summed E-state index contributed by atoms with van der Waals surface area (Å²) in [6.07, 6.45) is 3.29. The third-order valence-electron chi connectivity index (χ3n) is 2.33. The van der Waals surface area contributed by atoms with Crippen molar-refractivity contribution < 1.29 is 9.47 Å². The van der Waals surface area contributed by atoms with Crippen LogP contribution < -0.4 is 20.2 Å². The number of thiocarbonyl (C=S) groups is 1. The highest BCUT2D eigenvalue weighted by atomic mass is 35.5. The summed E-state index contributed by atoms with van der Waals surface area (Å²) in [7, 11) is 1.56. The van der Waals surface area contributed by atoms with E-state index in [4.69, 9.17) is 33.3 Å². The zero-order valence-electron chi connectivity index (χ0n) is 12.0. The number of hydrogen-bond donors (Lipinski definition) is 2. The largest absolute Gasteiger partial charge is 0.493 e. The fourth-order valence-corrected chi connectivity index (χ4v) is 1.88. The molecule has 0 aliphatic heterocycles. The highest BCUT2D eigenvalue weighted by Crippen LogP contribution is 2.35. The summed E-state index contributed by atoms with van der Waals surface area (Å²) >= 11 is 11.2. The molecule has 0 saturated carbocycles. The van der Waals surface area contributed by atoms with E-state index < -0.39 is 0 Å². The monoisotopic (exact) mass is 327 g/mol. The van der Waals surface area contributed by atoms with Crippen LogP contribution in [-0.2, 0) is 0 Å². The highest BCUT2D eigenvalue weighted by molar-refractivity contribution is 7.80. The first kappa shape index (κ1) is 17.3. The predicted molar refractivity (Wildman–Crippen MR) is 90.7 cm³/mol. The molecule has 7 heteroatoms. The molecule has 0 bridgehead atoms. The van der Waals surface area contributed by atoms with Crippen molar-refractivity contribution >= 4 is 35.1 Å². The first-order valence-electron chi connectivity index (χ1n) is 6.30. The number of ether oxygens (including phenoxy) is 2. The van der Waals surface area contributed by atoms with Gasteiger partial charge in [0.1, 0.15) is 0 Å². The highest BCUT2D eigenvalue weighted by Gasteiger charge is 2.10. The molecule has 0 spiro atoms. The number of halogens is 1. The van der Waals surface area contributed by atoms with Crippen LogP contribution in [0.15, 0.2) is 29.9 Å². The second-order valence-electron chi connectivity index (χ2n) is 3.84. The Hall–Kier alpha value is -1.79. The van der Waals surface area contributed by atoms with Crippen LogP contribution in [0.2, 0.25) is 5.02 Å². The summed E-state index contributed by atoms with van der Waals surface area (Å²) < 4.78 is 10.7. The Bertz CT molecular complexity index is 535. The van der Waals surface area contributed by atoms with Gasteiger partial charge in [-0.2, -0.15) is 5.10 Å². The van der Waals surface area contributed by atoms with Crippen LogP contribution in [0.4, 0.5) is 0 Å². The lowest BCUT2D eigenvalue weighted by molar-refractivity contribution is 0.311. The summed E-state index contributed by atoms with van der Waals surface area (Å²) in [5.74, 6) is 1.08. The minimum absolute atomic E-state index is 0.412. The van der Waals surface area contributed by atoms with E-state index in [-0.39, 0.29) is 0 Å². The van der Waals surface area contributed by atoms with E-state index in [1.54, 1.807) is 31.5 Å². The van der Waals surface area contributed by atoms with Gasteiger partial charge in [-0.3, -0.25) is 5.43 Å². The molecule has 0 aliphatic carbocycles. The van der Waals surface area contributed by atoms with Gasteiger partial charge in [0, 0.05) is 6.54 Å². The molecule has 1 aromatic rings. The summed E-state index contributed by atoms with van der Waals surface area (Å²) in [6.45, 7) is 6.55. The molecule has 0 unspecified atom stereocenters. The molecule has 1 rings (SSSR count). The van der Waals surface area contributed by atoms with Crippen molar-refractivity contribution in [3.63, 3.8) is 0 Å². The third-order valence-corrected chi connectivity index (χ3v) is 2.84. The summed E-state index contributed by atoms with van der Waals surface area (Å²) in [5.41, 5.74) is 3.45. The van der Waals surface area contributed by atoms with Crippen LogP contribution in [0.25, 0.3) is 0 Å². The van der Waals surface area contributed by atoms with Crippen molar-refractivity contribution in [1.29, 1.82) is 0 Å². The van der Waals surface area contributed by atoms with Gasteiger partial charge in [0.25, 0.3) is 0 Å². The van der Waals surface area contributed by atoms with Crippen molar-refractivity contribution in [3.05, 3.63) is 35.4 Å². The van der Waals surface area contributed by atoms with Crippen molar-refractivity contribution in [2.45, 2.75) is 6.92 Å². The molecule has 0 aliphatic rings. The smallest absolute Gasteiger partial charge is 0.187 e. The lowest BCUT2D eigenvalue weighted by Crippen LogP contribution is -2.31. The van der Waals surface area contributed by atoms with Gasteiger partial charge in [-0.1, -0.05) is 17.7 Å². The second kappa shape index (κ2) is 9.20. The molecule has 5 nitrogen and oxygen atoms in total. The molecule has 1 aromatic carbocycles. The van der Waals surface area contributed by atoms with Gasteiger partial charge in [0.15, 0.2) is 16.6 Å². The summed E-state index contributed by atoms with van der Waals surface area (Å²) in [6, 6.07) is 3.52. The first-order valence-corrected chi connectivity index (χ1v) is 7.09. The van der Waals surface area contributed by atoms with Gasteiger partial charge >= 0.3 is 0 Å². The number of methoxy groups -OCH3 is 1. The normalized spacial score (nSPS) is 10.2. The fraction of sp³-hybridized carbons (Fsp3) is 0.286. The molecular weight excluding hydrogens is 310 g/mol. The Morgan fingerprint density at radius 2 is 2.29 bits per heavy atom. The standard InChI is InChI=1S/C14H18ClN3O2S/c1-4-6-16-14(21)18-17-9-10-7-11(15)13(20-5-2)12(8-10)19-3/h4,7-9H,1,5-6H2,2-3H3,(H2,16,18,21)/b17-9-. The van der Waals surface area contributed by atoms with E-state index >= 15 is 0 Å². The summed E-state index contributed by atoms with van der Waals surface area (Å²) in [4.78, 5) is 0. The average Bonchev–Trinajstić information content (AvgIpc) is 2.47. The lowest BCUT2D eigenvalue weighted by atomic mass is 10.2. The third kappa shape index (κ3) is 5.61. The van der Waals surface area contributed by atoms with Gasteiger partial charge in [-0.25, -0.2) is 0 Å². The van der Waals surface area contributed by atoms with Gasteiger partial charge < -0.3 is 14.8 Å². The summed E-state index contributed by atoms with van der Waals surface area (Å²) in [5, 5.41) is 7.79. The molecule has 0 atom stereocenters. The number of benzene rings is 1. The fourth-order valence-electron chi connectivity index (χ4n) is 1.47. The number of nitrogens with one attached hydrogen (secondary N) is 2. The molecule has 21 heavy (non-hydrogen) atoms. The second-order valence-corrected chi connectivity index (χ2v) is 4.65. The number of hydrazone groups is 1. The number of hydrogen-bond acceptors (Lipinski definition) is 4. The topological polar surface area (TPSA) is 54.9 Å². The van der Waals surface area contributed by atoms with Gasteiger partial charge in [-0.15, -0.1) is 6.58 Å². The van der Waals surface area contributed by atoms with E-state index in [1.807, 2.05) is 6.92 Å². The molecule has 2 N–H and O–H groups in total. The van der Waals surface area contributed by atoms with Crippen molar-refractivity contribution in [2.75, 3.05) is 20.3 Å². The number of nitrogens with zero attached hydrogens (tertiary/aromatic N) is 1. The van der Waals surface area contributed by atoms with Gasteiger partial charge in [0.2, 0.25) is 0 Å².